The van der Waals surface area contributed by atoms with E-state index in [2.05, 4.69) is 11.4 Å². The lowest BCUT2D eigenvalue weighted by molar-refractivity contribution is 0.340. The van der Waals surface area contributed by atoms with E-state index in [4.69, 9.17) is 4.74 Å². The molecule has 1 aliphatic rings. The van der Waals surface area contributed by atoms with Crippen molar-refractivity contribution in [3.63, 3.8) is 0 Å². The van der Waals surface area contributed by atoms with Gasteiger partial charge in [0.05, 0.1) is 6.61 Å². The van der Waals surface area contributed by atoms with Crippen LogP contribution in [0.3, 0.4) is 0 Å². The van der Waals surface area contributed by atoms with Gasteiger partial charge in [0.15, 0.2) is 0 Å². The average Bonchev–Trinajstić information content (AvgIpc) is 2.43. The highest BCUT2D eigenvalue weighted by atomic mass is 19.1. The van der Waals surface area contributed by atoms with Crippen LogP contribution in [0.15, 0.2) is 48.5 Å². The number of nitrogens with one attached hydrogen (secondary N) is 1. The van der Waals surface area contributed by atoms with Crippen LogP contribution in [0.2, 0.25) is 0 Å². The fourth-order valence-electron chi connectivity index (χ4n) is 2.85. The van der Waals surface area contributed by atoms with Gasteiger partial charge in [0.1, 0.15) is 11.6 Å². The average molecular weight is 285 g/mol. The quantitative estimate of drug-likeness (QED) is 0.868. The summed E-state index contributed by atoms with van der Waals surface area (Å²) in [5.41, 5.74) is 2.19. The van der Waals surface area contributed by atoms with Crippen molar-refractivity contribution in [2.45, 2.75) is 31.7 Å². The predicted molar refractivity (Wildman–Crippen MR) is 83.4 cm³/mol. The Labute approximate surface area is 125 Å². The van der Waals surface area contributed by atoms with Crippen molar-refractivity contribution in [3.05, 3.63) is 59.9 Å². The summed E-state index contributed by atoms with van der Waals surface area (Å²) in [6.45, 7) is 2.66. The second kappa shape index (κ2) is 6.17. The van der Waals surface area contributed by atoms with Crippen LogP contribution in [-0.4, -0.2) is 12.6 Å². The topological polar surface area (TPSA) is 21.3 Å². The van der Waals surface area contributed by atoms with Crippen LogP contribution >= 0.6 is 0 Å². The molecule has 2 nitrogen and oxygen atoms in total. The van der Waals surface area contributed by atoms with E-state index < -0.39 is 0 Å². The highest BCUT2D eigenvalue weighted by Crippen LogP contribution is 2.38. The van der Waals surface area contributed by atoms with Crippen LogP contribution in [0, 0.1) is 5.82 Å². The maximum Gasteiger partial charge on any atom is 0.123 e. The molecule has 1 aliphatic carbocycles. The van der Waals surface area contributed by atoms with E-state index in [-0.39, 0.29) is 5.82 Å². The van der Waals surface area contributed by atoms with Gasteiger partial charge < -0.3 is 10.1 Å². The van der Waals surface area contributed by atoms with E-state index in [9.17, 15) is 4.39 Å². The summed E-state index contributed by atoms with van der Waals surface area (Å²) < 4.78 is 18.7. The highest BCUT2D eigenvalue weighted by Gasteiger charge is 2.30. The van der Waals surface area contributed by atoms with Gasteiger partial charge in [-0.15, -0.1) is 0 Å². The molecule has 110 valence electrons. The molecule has 0 aromatic heterocycles. The molecule has 0 unspecified atom stereocenters. The minimum absolute atomic E-state index is 0.145. The number of hydrogen-bond acceptors (Lipinski definition) is 2. The molecular weight excluding hydrogens is 265 g/mol. The summed E-state index contributed by atoms with van der Waals surface area (Å²) in [7, 11) is 0. The smallest absolute Gasteiger partial charge is 0.123 e. The molecule has 2 aromatic rings. The van der Waals surface area contributed by atoms with Crippen molar-refractivity contribution < 1.29 is 9.13 Å². The van der Waals surface area contributed by atoms with Crippen molar-refractivity contribution in [2.75, 3.05) is 11.9 Å². The Kier molecular flexibility index (Phi) is 4.09. The molecular formula is C18H20FNO. The van der Waals surface area contributed by atoms with E-state index in [1.54, 1.807) is 12.1 Å². The molecule has 0 aliphatic heterocycles. The molecule has 0 radical (unpaired) electrons. The van der Waals surface area contributed by atoms with Gasteiger partial charge in [-0.1, -0.05) is 18.2 Å². The van der Waals surface area contributed by atoms with Crippen molar-refractivity contribution in [3.8, 4) is 5.75 Å². The molecule has 3 rings (SSSR count). The third kappa shape index (κ3) is 3.35. The standard InChI is InChI=1S/C18H20FNO/c1-2-21-18-8-4-7-16(12-18)20-17-10-14(11-17)13-5-3-6-15(19)9-13/h3-9,12,14,17,20H,2,10-11H2,1H3. The summed E-state index contributed by atoms with van der Waals surface area (Å²) in [6, 6.07) is 15.4. The summed E-state index contributed by atoms with van der Waals surface area (Å²) in [5, 5.41) is 3.52. The van der Waals surface area contributed by atoms with Gasteiger partial charge in [0.2, 0.25) is 0 Å². The first-order valence-corrected chi connectivity index (χ1v) is 7.49. The third-order valence-corrected chi connectivity index (χ3v) is 3.97. The zero-order valence-corrected chi connectivity index (χ0v) is 12.2. The number of hydrogen-bond donors (Lipinski definition) is 1. The molecule has 1 fully saturated rings. The molecule has 3 heteroatoms. The van der Waals surface area contributed by atoms with Crippen molar-refractivity contribution in [1.82, 2.24) is 0 Å². The molecule has 0 bridgehead atoms. The molecule has 0 heterocycles. The van der Waals surface area contributed by atoms with Crippen LogP contribution in [0.5, 0.6) is 5.75 Å². The van der Waals surface area contributed by atoms with Crippen LogP contribution in [0.4, 0.5) is 10.1 Å². The molecule has 0 amide bonds. The molecule has 0 saturated heterocycles. The van der Waals surface area contributed by atoms with E-state index in [0.29, 0.717) is 18.6 Å². The van der Waals surface area contributed by atoms with Gasteiger partial charge in [-0.05, 0) is 55.5 Å². The Morgan fingerprint density at radius 2 is 1.95 bits per heavy atom. The van der Waals surface area contributed by atoms with Gasteiger partial charge in [0, 0.05) is 17.8 Å². The molecule has 0 atom stereocenters. The fraction of sp³-hybridized carbons (Fsp3) is 0.333. The number of rotatable bonds is 5. The zero-order valence-electron chi connectivity index (χ0n) is 12.2. The SMILES string of the molecule is CCOc1cccc(NC2CC(c3cccc(F)c3)C2)c1. The highest BCUT2D eigenvalue weighted by molar-refractivity contribution is 5.49. The molecule has 21 heavy (non-hydrogen) atoms. The van der Waals surface area contributed by atoms with Gasteiger partial charge in [-0.2, -0.15) is 0 Å². The van der Waals surface area contributed by atoms with Gasteiger partial charge in [0.25, 0.3) is 0 Å². The largest absolute Gasteiger partial charge is 0.494 e. The Hall–Kier alpha value is -2.03. The Bertz CT molecular complexity index is 608. The number of benzene rings is 2. The van der Waals surface area contributed by atoms with Gasteiger partial charge in [-0.3, -0.25) is 0 Å². The van der Waals surface area contributed by atoms with Crippen molar-refractivity contribution >= 4 is 5.69 Å². The summed E-state index contributed by atoms with van der Waals surface area (Å²) >= 11 is 0. The lowest BCUT2D eigenvalue weighted by Gasteiger charge is -2.37. The molecule has 0 spiro atoms. The first-order valence-electron chi connectivity index (χ1n) is 7.49. The Balaban J connectivity index is 1.56. The first-order chi connectivity index (χ1) is 10.2. The summed E-state index contributed by atoms with van der Waals surface area (Å²) in [6.07, 6.45) is 2.09. The lowest BCUT2D eigenvalue weighted by atomic mass is 9.76. The lowest BCUT2D eigenvalue weighted by Crippen LogP contribution is -2.34. The van der Waals surface area contributed by atoms with Crippen LogP contribution in [0.1, 0.15) is 31.2 Å². The van der Waals surface area contributed by atoms with Gasteiger partial charge >= 0.3 is 0 Å². The zero-order chi connectivity index (χ0) is 14.7. The predicted octanol–water partition coefficient (Wildman–Crippen LogP) is 4.58. The van der Waals surface area contributed by atoms with Crippen LogP contribution in [0.25, 0.3) is 0 Å². The monoisotopic (exact) mass is 285 g/mol. The van der Waals surface area contributed by atoms with E-state index in [1.165, 1.54) is 6.07 Å². The Morgan fingerprint density at radius 3 is 2.71 bits per heavy atom. The third-order valence-electron chi connectivity index (χ3n) is 3.97. The maximum atomic E-state index is 13.2. The van der Waals surface area contributed by atoms with E-state index in [1.807, 2.05) is 31.2 Å². The van der Waals surface area contributed by atoms with Crippen molar-refractivity contribution in [2.24, 2.45) is 0 Å². The minimum Gasteiger partial charge on any atom is -0.494 e. The number of anilines is 1. The van der Waals surface area contributed by atoms with Crippen molar-refractivity contribution in [1.29, 1.82) is 0 Å². The van der Waals surface area contributed by atoms with Crippen LogP contribution < -0.4 is 10.1 Å². The number of halogens is 1. The molecule has 2 aromatic carbocycles. The van der Waals surface area contributed by atoms with E-state index >= 15 is 0 Å². The summed E-state index contributed by atoms with van der Waals surface area (Å²) in [4.78, 5) is 0. The fourth-order valence-corrected chi connectivity index (χ4v) is 2.85. The number of ether oxygens (including phenoxy) is 1. The second-order valence-electron chi connectivity index (χ2n) is 5.53. The van der Waals surface area contributed by atoms with Gasteiger partial charge in [-0.25, -0.2) is 4.39 Å². The first kappa shape index (κ1) is 13.9. The van der Waals surface area contributed by atoms with Crippen LogP contribution in [-0.2, 0) is 0 Å². The molecule has 1 saturated carbocycles. The van der Waals surface area contributed by atoms with E-state index in [0.717, 1.165) is 29.8 Å². The summed E-state index contributed by atoms with van der Waals surface area (Å²) in [5.74, 6) is 1.21. The normalized spacial score (nSPS) is 20.7. The Morgan fingerprint density at radius 1 is 1.14 bits per heavy atom. The minimum atomic E-state index is -0.145. The molecule has 1 N–H and O–H groups in total. The maximum absolute atomic E-state index is 13.2. The second-order valence-corrected chi connectivity index (χ2v) is 5.53.